The number of ketones is 1. The second kappa shape index (κ2) is 20.1. The van der Waals surface area contributed by atoms with Crippen molar-refractivity contribution in [2.45, 2.75) is 76.6 Å². The number of pyridine rings is 1. The number of nitrogens with one attached hydrogen (secondary N) is 1. The number of rotatable bonds is 19. The molecule has 54 heavy (non-hydrogen) atoms. The third-order valence-electron chi connectivity index (χ3n) is 8.60. The molecule has 3 N–H and O–H groups in total. The first-order valence-corrected chi connectivity index (χ1v) is 20.3. The molecule has 288 valence electrons. The van der Waals surface area contributed by atoms with Gasteiger partial charge >= 0.3 is 5.97 Å². The minimum absolute atomic E-state index is 0.00224. The maximum Gasteiger partial charge on any atom is 0.333 e. The Morgan fingerprint density at radius 3 is 2.44 bits per heavy atom. The monoisotopic (exact) mass is 779 g/mol. The summed E-state index contributed by atoms with van der Waals surface area (Å²) in [6.07, 6.45) is 7.62. The molecule has 0 spiro atoms. The lowest BCUT2D eigenvalue weighted by molar-refractivity contribution is -0.197. The van der Waals surface area contributed by atoms with Crippen LogP contribution in [-0.2, 0) is 28.8 Å². The largest absolute Gasteiger partial charge is 0.491 e. The van der Waals surface area contributed by atoms with Crippen LogP contribution in [0.1, 0.15) is 75.7 Å². The summed E-state index contributed by atoms with van der Waals surface area (Å²) in [5.74, 6) is -0.535. The average Bonchev–Trinajstić information content (AvgIpc) is 3.49. The molecular formula is C37H45N7O8S2. The number of benzene rings is 1. The van der Waals surface area contributed by atoms with E-state index < -0.39 is 23.7 Å². The van der Waals surface area contributed by atoms with Crippen molar-refractivity contribution in [2.75, 3.05) is 48.0 Å². The van der Waals surface area contributed by atoms with E-state index in [2.05, 4.69) is 32.1 Å². The third-order valence-corrected chi connectivity index (χ3v) is 11.6. The molecule has 4 heterocycles. The first-order valence-electron chi connectivity index (χ1n) is 17.9. The Kier molecular flexibility index (Phi) is 15.0. The molecule has 2 aliphatic heterocycles. The highest BCUT2D eigenvalue weighted by molar-refractivity contribution is 8.76. The molecule has 3 aromatic rings. The topological polar surface area (TPSA) is 196 Å². The SMILES string of the molecule is CC(CCC(=O)CCC(C)SSCCCC(=O)ON1C(=O)CCC1=O)Oc1ccc(-c2cnc(N)c(C(=O)Nc3cnccc3N3CCOCC3)n2)cc1. The molecule has 0 aliphatic carbocycles. The van der Waals surface area contributed by atoms with Gasteiger partial charge in [-0.25, -0.2) is 14.8 Å². The fraction of sp³-hybridized carbons (Fsp3) is 0.459. The smallest absolute Gasteiger partial charge is 0.333 e. The van der Waals surface area contributed by atoms with E-state index in [4.69, 9.17) is 20.0 Å². The van der Waals surface area contributed by atoms with Crippen LogP contribution < -0.4 is 20.7 Å². The van der Waals surface area contributed by atoms with Crippen LogP contribution in [0.3, 0.4) is 0 Å². The number of nitrogens with zero attached hydrogens (tertiary/aromatic N) is 5. The number of carbonyl (C=O) groups is 5. The number of nitrogens with two attached hydrogens (primary N) is 1. The number of nitrogen functional groups attached to an aromatic ring is 1. The van der Waals surface area contributed by atoms with E-state index in [1.54, 1.807) is 34.0 Å². The fourth-order valence-electron chi connectivity index (χ4n) is 5.59. The number of hydrogen-bond acceptors (Lipinski definition) is 15. The summed E-state index contributed by atoms with van der Waals surface area (Å²) in [4.78, 5) is 80.9. The number of hydroxylamine groups is 2. The van der Waals surface area contributed by atoms with E-state index in [0.29, 0.717) is 79.9 Å². The predicted molar refractivity (Wildman–Crippen MR) is 207 cm³/mol. The summed E-state index contributed by atoms with van der Waals surface area (Å²) in [6.45, 7) is 6.59. The molecule has 17 heteroatoms. The molecule has 3 amide bonds. The van der Waals surface area contributed by atoms with Crippen molar-refractivity contribution < 1.29 is 38.3 Å². The first kappa shape index (κ1) is 40.4. The third kappa shape index (κ3) is 11.9. The molecule has 0 radical (unpaired) electrons. The molecule has 2 aliphatic rings. The Bertz CT molecular complexity index is 1780. The minimum atomic E-state index is -0.594. The van der Waals surface area contributed by atoms with E-state index in [0.717, 1.165) is 17.7 Å². The van der Waals surface area contributed by atoms with Gasteiger partial charge in [-0.3, -0.25) is 24.2 Å². The molecule has 2 saturated heterocycles. The predicted octanol–water partition coefficient (Wildman–Crippen LogP) is 5.26. The Morgan fingerprint density at radius 2 is 1.70 bits per heavy atom. The quantitative estimate of drug-likeness (QED) is 0.0907. The molecule has 0 bridgehead atoms. The van der Waals surface area contributed by atoms with Crippen molar-refractivity contribution in [1.82, 2.24) is 20.0 Å². The van der Waals surface area contributed by atoms with Gasteiger partial charge in [0, 0.05) is 68.0 Å². The zero-order valence-electron chi connectivity index (χ0n) is 30.4. The van der Waals surface area contributed by atoms with Crippen molar-refractivity contribution in [3.63, 3.8) is 0 Å². The summed E-state index contributed by atoms with van der Waals surface area (Å²) < 4.78 is 11.5. The fourth-order valence-corrected chi connectivity index (χ4v) is 8.02. The van der Waals surface area contributed by atoms with Gasteiger partial charge in [-0.2, -0.15) is 0 Å². The first-order chi connectivity index (χ1) is 26.1. The Morgan fingerprint density at radius 1 is 0.981 bits per heavy atom. The van der Waals surface area contributed by atoms with Crippen LogP contribution in [0.5, 0.6) is 5.75 Å². The summed E-state index contributed by atoms with van der Waals surface area (Å²) in [7, 11) is 3.28. The molecule has 2 fully saturated rings. The van der Waals surface area contributed by atoms with E-state index in [1.165, 1.54) is 6.20 Å². The minimum Gasteiger partial charge on any atom is -0.491 e. The maximum atomic E-state index is 13.3. The Labute approximate surface area is 321 Å². The van der Waals surface area contributed by atoms with Gasteiger partial charge in [0.05, 0.1) is 48.8 Å². The molecular weight excluding hydrogens is 735 g/mol. The van der Waals surface area contributed by atoms with Gasteiger partial charge in [-0.1, -0.05) is 28.5 Å². The molecule has 2 unspecified atom stereocenters. The van der Waals surface area contributed by atoms with Gasteiger partial charge in [0.25, 0.3) is 17.7 Å². The van der Waals surface area contributed by atoms with E-state index in [-0.39, 0.29) is 47.9 Å². The van der Waals surface area contributed by atoms with Gasteiger partial charge in [0.2, 0.25) is 0 Å². The van der Waals surface area contributed by atoms with Crippen molar-refractivity contribution in [1.29, 1.82) is 0 Å². The molecule has 0 saturated carbocycles. The van der Waals surface area contributed by atoms with E-state index in [9.17, 15) is 24.0 Å². The van der Waals surface area contributed by atoms with Crippen LogP contribution in [0.25, 0.3) is 11.3 Å². The lowest BCUT2D eigenvalue weighted by Crippen LogP contribution is -2.36. The van der Waals surface area contributed by atoms with Crippen LogP contribution in [0.2, 0.25) is 0 Å². The maximum absolute atomic E-state index is 13.3. The van der Waals surface area contributed by atoms with Crippen LogP contribution in [0.4, 0.5) is 17.2 Å². The second-order valence-electron chi connectivity index (χ2n) is 12.9. The van der Waals surface area contributed by atoms with Crippen LogP contribution in [-0.4, -0.2) is 92.9 Å². The van der Waals surface area contributed by atoms with Gasteiger partial charge in [-0.15, -0.1) is 5.06 Å². The summed E-state index contributed by atoms with van der Waals surface area (Å²) >= 11 is 0. The summed E-state index contributed by atoms with van der Waals surface area (Å²) in [5.41, 5.74) is 8.66. The number of amides is 3. The summed E-state index contributed by atoms with van der Waals surface area (Å²) in [6, 6.07) is 9.12. The van der Waals surface area contributed by atoms with Crippen molar-refractivity contribution >= 4 is 68.3 Å². The highest BCUT2D eigenvalue weighted by atomic mass is 33.1. The van der Waals surface area contributed by atoms with Crippen LogP contribution in [0.15, 0.2) is 48.9 Å². The Hall–Kier alpha value is -4.74. The lowest BCUT2D eigenvalue weighted by Gasteiger charge is -2.30. The number of anilines is 3. The van der Waals surface area contributed by atoms with Gasteiger partial charge in [0.15, 0.2) is 11.5 Å². The Balaban J connectivity index is 0.999. The van der Waals surface area contributed by atoms with Crippen molar-refractivity contribution in [3.05, 3.63) is 54.6 Å². The number of morpholine rings is 1. The van der Waals surface area contributed by atoms with Gasteiger partial charge in [-0.05, 0) is 56.5 Å². The van der Waals surface area contributed by atoms with Gasteiger partial charge in [0.1, 0.15) is 11.5 Å². The van der Waals surface area contributed by atoms with Crippen molar-refractivity contribution in [2.24, 2.45) is 0 Å². The molecule has 2 aromatic heterocycles. The number of imide groups is 1. The molecule has 5 rings (SSSR count). The van der Waals surface area contributed by atoms with E-state index >= 15 is 0 Å². The average molecular weight is 780 g/mol. The molecule has 2 atom stereocenters. The number of Topliss-reactive ketones (excluding diaryl/α,β-unsaturated/α-hetero) is 1. The lowest BCUT2D eigenvalue weighted by atomic mass is 10.1. The number of aromatic nitrogens is 3. The zero-order valence-corrected chi connectivity index (χ0v) is 32.0. The van der Waals surface area contributed by atoms with Crippen LogP contribution in [0, 0.1) is 0 Å². The standard InChI is InChI=1S/C37H45N7O8S2/c1-24(5-9-27(45)10-6-25(2)54-53-21-3-4-34(48)52-44-32(46)13-14-33(44)47)51-28-11-7-26(8-12-28)29-23-40-36(38)35(41-29)37(49)42-30-22-39-16-15-31(30)43-17-19-50-20-18-43/h7-8,11-12,15-16,22-25H,3-6,9-10,13-14,17-21H2,1-2H3,(H2,38,40)(H,42,49). The highest BCUT2D eigenvalue weighted by Gasteiger charge is 2.32. The van der Waals surface area contributed by atoms with Crippen LogP contribution >= 0.6 is 21.6 Å². The number of ether oxygens (including phenoxy) is 2. The number of carbonyl (C=O) groups excluding carboxylic acids is 5. The van der Waals surface area contributed by atoms with Gasteiger partial charge < -0.3 is 30.3 Å². The van der Waals surface area contributed by atoms with E-state index in [1.807, 2.05) is 37.3 Å². The zero-order chi connectivity index (χ0) is 38.5. The number of hydrogen-bond donors (Lipinski definition) is 2. The molecule has 1 aromatic carbocycles. The normalized spacial score (nSPS) is 15.5. The molecule has 15 nitrogen and oxygen atoms in total. The second-order valence-corrected chi connectivity index (χ2v) is 15.8. The highest BCUT2D eigenvalue weighted by Crippen LogP contribution is 2.31. The summed E-state index contributed by atoms with van der Waals surface area (Å²) in [5, 5.41) is 3.71. The van der Waals surface area contributed by atoms with Crippen molar-refractivity contribution in [3.8, 4) is 17.0 Å².